The molecule has 306 valence electrons. The maximum atomic E-state index is 14.0. The Hall–Kier alpha value is -6.55. The average molecular weight is 848 g/mol. The molecule has 2 aliphatic heterocycles. The fourth-order valence-electron chi connectivity index (χ4n) is 7.15. The fourth-order valence-corrected chi connectivity index (χ4v) is 7.47. The molecule has 60 heavy (non-hydrogen) atoms. The minimum Gasteiger partial charge on any atom is -0.489 e. The molecule has 0 radical (unpaired) electrons. The summed E-state index contributed by atoms with van der Waals surface area (Å²) in [5.74, 6) is -1.22. The Kier molecular flexibility index (Phi) is 12.3. The van der Waals surface area contributed by atoms with Crippen molar-refractivity contribution in [3.8, 4) is 28.7 Å². The number of fused-ring (bicyclic) bond motifs is 2. The number of carboxylic acids is 1. The van der Waals surface area contributed by atoms with Crippen LogP contribution in [-0.4, -0.2) is 59.1 Å². The standard InChI is InChI=1S/C46H40Cl2N4O8/c1-26(2)59-46(57)52-24-34-22-41-39(51(3)44(54)42(60-41)32-13-15-35(16-14-32)58-25-29-8-17-36(47)37(48)18-29)20-33(34)21-40(52)43(53)50-38(45(55)56)19-27-4-9-30(10-5-27)31-11-6-28(23-49)7-12-31/h4-18,20,22,26,38,40,42H,19,21,24-25H2,1-3H3,(H,50,53)(H,55,56)/t38-,40-,42?/m0/s1. The van der Waals surface area contributed by atoms with Gasteiger partial charge in [0.15, 0.2) is 0 Å². The molecule has 12 nitrogen and oxygen atoms in total. The SMILES string of the molecule is CC(C)OC(=O)N1Cc2cc3c(cc2C[C@H]1C(=O)N[C@@H](Cc1ccc(-c2ccc(C#N)cc2)cc1)C(=O)O)N(C)C(=O)C(c1ccc(OCc2ccc(Cl)c(Cl)c2)cc1)O3. The van der Waals surface area contributed by atoms with E-state index in [1.165, 1.54) is 9.80 Å². The second kappa shape index (κ2) is 17.7. The second-order valence-corrected chi connectivity index (χ2v) is 15.7. The Bertz CT molecular complexity index is 2490. The molecule has 2 N–H and O–H groups in total. The summed E-state index contributed by atoms with van der Waals surface area (Å²) in [4.78, 5) is 56.5. The van der Waals surface area contributed by atoms with Crippen LogP contribution in [0, 0.1) is 11.3 Å². The van der Waals surface area contributed by atoms with Crippen LogP contribution in [0.15, 0.2) is 103 Å². The molecule has 0 aliphatic carbocycles. The van der Waals surface area contributed by atoms with Crippen molar-refractivity contribution >= 4 is 52.8 Å². The van der Waals surface area contributed by atoms with Gasteiger partial charge in [0.1, 0.15) is 30.2 Å². The van der Waals surface area contributed by atoms with Gasteiger partial charge in [-0.15, -0.1) is 0 Å². The number of hydrogen-bond donors (Lipinski definition) is 2. The van der Waals surface area contributed by atoms with Crippen LogP contribution in [0.2, 0.25) is 10.0 Å². The number of carbonyl (C=O) groups is 4. The molecular formula is C46H40Cl2N4O8. The largest absolute Gasteiger partial charge is 0.489 e. The van der Waals surface area contributed by atoms with Crippen LogP contribution in [0.25, 0.3) is 11.1 Å². The minimum atomic E-state index is -1.30. The van der Waals surface area contributed by atoms with Gasteiger partial charge in [-0.25, -0.2) is 9.59 Å². The van der Waals surface area contributed by atoms with Crippen molar-refractivity contribution in [2.24, 2.45) is 0 Å². The van der Waals surface area contributed by atoms with Gasteiger partial charge in [0, 0.05) is 25.5 Å². The molecule has 3 atom stereocenters. The molecule has 0 saturated heterocycles. The van der Waals surface area contributed by atoms with E-state index in [-0.39, 0.29) is 31.9 Å². The van der Waals surface area contributed by atoms with E-state index in [2.05, 4.69) is 11.4 Å². The number of aliphatic carboxylic acids is 1. The second-order valence-electron chi connectivity index (χ2n) is 14.9. The van der Waals surface area contributed by atoms with Crippen molar-refractivity contribution < 1.29 is 38.5 Å². The van der Waals surface area contributed by atoms with E-state index in [1.54, 1.807) is 93.7 Å². The van der Waals surface area contributed by atoms with Crippen molar-refractivity contribution in [2.45, 2.75) is 64.1 Å². The van der Waals surface area contributed by atoms with E-state index in [0.717, 1.165) is 16.7 Å². The van der Waals surface area contributed by atoms with E-state index < -0.39 is 42.3 Å². The predicted molar refractivity (Wildman–Crippen MR) is 225 cm³/mol. The van der Waals surface area contributed by atoms with Crippen LogP contribution in [0.1, 0.15) is 53.3 Å². The predicted octanol–water partition coefficient (Wildman–Crippen LogP) is 8.29. The third-order valence-corrected chi connectivity index (χ3v) is 11.1. The molecule has 5 aromatic rings. The van der Waals surface area contributed by atoms with Gasteiger partial charge in [0.2, 0.25) is 12.0 Å². The molecule has 0 bridgehead atoms. The first-order valence-electron chi connectivity index (χ1n) is 19.1. The van der Waals surface area contributed by atoms with Gasteiger partial charge in [-0.05, 0) is 95.8 Å². The van der Waals surface area contributed by atoms with Crippen molar-refractivity contribution in [1.82, 2.24) is 10.2 Å². The molecule has 1 unspecified atom stereocenters. The van der Waals surface area contributed by atoms with E-state index in [4.69, 9.17) is 42.7 Å². The quantitative estimate of drug-likeness (QED) is 0.133. The molecule has 2 heterocycles. The van der Waals surface area contributed by atoms with Crippen molar-refractivity contribution in [3.05, 3.63) is 147 Å². The van der Waals surface area contributed by atoms with Crippen molar-refractivity contribution in [3.63, 3.8) is 0 Å². The zero-order valence-electron chi connectivity index (χ0n) is 32.9. The van der Waals surface area contributed by atoms with Gasteiger partial charge >= 0.3 is 12.1 Å². The lowest BCUT2D eigenvalue weighted by molar-refractivity contribution is -0.142. The molecular weight excluding hydrogens is 807 g/mol. The highest BCUT2D eigenvalue weighted by Crippen LogP contribution is 2.42. The van der Waals surface area contributed by atoms with E-state index in [9.17, 15) is 24.3 Å². The van der Waals surface area contributed by atoms with E-state index >= 15 is 0 Å². The summed E-state index contributed by atoms with van der Waals surface area (Å²) in [5, 5.41) is 22.8. The Morgan fingerprint density at radius 1 is 0.900 bits per heavy atom. The number of anilines is 1. The lowest BCUT2D eigenvalue weighted by Crippen LogP contribution is -2.56. The number of carbonyl (C=O) groups excluding carboxylic acids is 3. The molecule has 14 heteroatoms. The first-order chi connectivity index (χ1) is 28.8. The van der Waals surface area contributed by atoms with Gasteiger partial charge in [0.25, 0.3) is 5.91 Å². The number of ether oxygens (including phenoxy) is 3. The van der Waals surface area contributed by atoms with Gasteiger partial charge in [-0.1, -0.05) is 77.8 Å². The number of nitrogens with one attached hydrogen (secondary N) is 1. The highest BCUT2D eigenvalue weighted by atomic mass is 35.5. The monoisotopic (exact) mass is 846 g/mol. The molecule has 0 saturated carbocycles. The molecule has 2 aliphatic rings. The number of nitriles is 1. The summed E-state index contributed by atoms with van der Waals surface area (Å²) in [7, 11) is 1.64. The van der Waals surface area contributed by atoms with Gasteiger partial charge < -0.3 is 29.5 Å². The smallest absolute Gasteiger partial charge is 0.411 e. The number of likely N-dealkylation sites (N-methyl/N-ethyl adjacent to an activating group) is 1. The van der Waals surface area contributed by atoms with Crippen LogP contribution in [0.3, 0.4) is 0 Å². The Morgan fingerprint density at radius 3 is 2.20 bits per heavy atom. The summed E-state index contributed by atoms with van der Waals surface area (Å²) < 4.78 is 17.8. The number of nitrogens with zero attached hydrogens (tertiary/aromatic N) is 3. The van der Waals surface area contributed by atoms with E-state index in [0.29, 0.717) is 55.0 Å². The number of hydrogen-bond acceptors (Lipinski definition) is 8. The van der Waals surface area contributed by atoms with Crippen LogP contribution in [-0.2, 0) is 45.1 Å². The Morgan fingerprint density at radius 2 is 1.57 bits per heavy atom. The van der Waals surface area contributed by atoms with Crippen LogP contribution >= 0.6 is 23.2 Å². The van der Waals surface area contributed by atoms with E-state index in [1.807, 2.05) is 30.3 Å². The summed E-state index contributed by atoms with van der Waals surface area (Å²) in [6.07, 6.45) is -2.16. The van der Waals surface area contributed by atoms with Crippen LogP contribution < -0.4 is 19.7 Å². The molecule has 0 aromatic heterocycles. The maximum Gasteiger partial charge on any atom is 0.411 e. The molecule has 7 rings (SSSR count). The van der Waals surface area contributed by atoms with Gasteiger partial charge in [-0.3, -0.25) is 14.5 Å². The lowest BCUT2D eigenvalue weighted by atomic mass is 9.91. The zero-order chi connectivity index (χ0) is 42.7. The molecule has 3 amide bonds. The first-order valence-corrected chi connectivity index (χ1v) is 19.9. The third-order valence-electron chi connectivity index (χ3n) is 10.4. The first kappa shape index (κ1) is 41.6. The number of amides is 3. The topological polar surface area (TPSA) is 158 Å². The third kappa shape index (κ3) is 9.18. The lowest BCUT2D eigenvalue weighted by Gasteiger charge is -2.38. The van der Waals surface area contributed by atoms with Crippen molar-refractivity contribution in [1.29, 1.82) is 5.26 Å². The average Bonchev–Trinajstić information content (AvgIpc) is 3.24. The number of carboxylic acid groups (broad SMARTS) is 1. The summed E-state index contributed by atoms with van der Waals surface area (Å²) in [6, 6.07) is 29.9. The molecule has 0 fully saturated rings. The highest BCUT2D eigenvalue weighted by Gasteiger charge is 2.40. The van der Waals surface area contributed by atoms with Gasteiger partial charge in [-0.2, -0.15) is 5.26 Å². The summed E-state index contributed by atoms with van der Waals surface area (Å²) in [5.41, 5.74) is 6.30. The Labute approximate surface area is 356 Å². The van der Waals surface area contributed by atoms with Gasteiger partial charge in [0.05, 0.1) is 40.0 Å². The minimum absolute atomic E-state index is 0.0120. The van der Waals surface area contributed by atoms with Crippen LogP contribution in [0.5, 0.6) is 11.5 Å². The summed E-state index contributed by atoms with van der Waals surface area (Å²) >= 11 is 12.2. The van der Waals surface area contributed by atoms with Crippen molar-refractivity contribution in [2.75, 3.05) is 11.9 Å². The normalized spacial score (nSPS) is 16.2. The Balaban J connectivity index is 1.07. The zero-order valence-corrected chi connectivity index (χ0v) is 34.4. The van der Waals surface area contributed by atoms with Crippen LogP contribution in [0.4, 0.5) is 10.5 Å². The highest BCUT2D eigenvalue weighted by molar-refractivity contribution is 6.42. The molecule has 5 aromatic carbocycles. The maximum absolute atomic E-state index is 14.0. The molecule has 0 spiro atoms. The number of rotatable bonds is 11. The summed E-state index contributed by atoms with van der Waals surface area (Å²) in [6.45, 7) is 3.63. The number of halogens is 2. The number of benzene rings is 5. The fraction of sp³-hybridized carbons (Fsp3) is 0.239.